The Morgan fingerprint density at radius 1 is 1.47 bits per heavy atom. The molecule has 0 aliphatic heterocycles. The Kier molecular flexibility index (Phi) is 3.50. The van der Waals surface area contributed by atoms with E-state index in [1.54, 1.807) is 20.9 Å². The highest BCUT2D eigenvalue weighted by molar-refractivity contribution is 5.94. The number of carboxylic acids is 1. The van der Waals surface area contributed by atoms with Crippen LogP contribution in [-0.4, -0.2) is 37.5 Å². The van der Waals surface area contributed by atoms with Crippen molar-refractivity contribution in [3.05, 3.63) is 23.0 Å². The number of nitrogens with one attached hydrogen (secondary N) is 1. The van der Waals surface area contributed by atoms with E-state index in [9.17, 15) is 4.79 Å². The molecule has 2 aromatic heterocycles. The van der Waals surface area contributed by atoms with E-state index >= 15 is 0 Å². The second-order valence-electron chi connectivity index (χ2n) is 4.14. The van der Waals surface area contributed by atoms with Crippen LogP contribution in [0.1, 0.15) is 27.8 Å². The van der Waals surface area contributed by atoms with Crippen molar-refractivity contribution in [2.45, 2.75) is 20.3 Å². The van der Waals surface area contributed by atoms with Crippen LogP contribution in [0.3, 0.4) is 0 Å². The Morgan fingerprint density at radius 2 is 2.21 bits per heavy atom. The number of hydrogen-bond acceptors (Lipinski definition) is 6. The van der Waals surface area contributed by atoms with Gasteiger partial charge in [-0.3, -0.25) is 4.68 Å². The lowest BCUT2D eigenvalue weighted by Gasteiger charge is -2.06. The molecule has 0 fully saturated rings. The number of anilines is 1. The highest BCUT2D eigenvalue weighted by Gasteiger charge is 2.19. The first-order chi connectivity index (χ1) is 8.99. The SMILES string of the molecule is Cc1nc(CCNc2c(C(=O)O)c(C)nn2C)no1. The number of rotatable bonds is 5. The molecule has 0 aliphatic rings. The fourth-order valence-electron chi connectivity index (χ4n) is 1.85. The molecule has 0 aromatic carbocycles. The van der Waals surface area contributed by atoms with E-state index < -0.39 is 5.97 Å². The van der Waals surface area contributed by atoms with Crippen LogP contribution in [0.15, 0.2) is 4.52 Å². The lowest BCUT2D eigenvalue weighted by molar-refractivity contribution is 0.0697. The van der Waals surface area contributed by atoms with Crippen molar-refractivity contribution in [1.82, 2.24) is 19.9 Å². The minimum Gasteiger partial charge on any atom is -0.477 e. The zero-order valence-corrected chi connectivity index (χ0v) is 11.0. The Morgan fingerprint density at radius 3 is 2.79 bits per heavy atom. The maximum absolute atomic E-state index is 11.2. The summed E-state index contributed by atoms with van der Waals surface area (Å²) in [6.45, 7) is 3.88. The summed E-state index contributed by atoms with van der Waals surface area (Å²) in [7, 11) is 1.69. The Labute approximate surface area is 109 Å². The first-order valence-corrected chi connectivity index (χ1v) is 5.79. The van der Waals surface area contributed by atoms with Crippen molar-refractivity contribution in [2.75, 3.05) is 11.9 Å². The van der Waals surface area contributed by atoms with E-state index in [0.717, 1.165) is 0 Å². The van der Waals surface area contributed by atoms with Gasteiger partial charge >= 0.3 is 5.97 Å². The quantitative estimate of drug-likeness (QED) is 0.822. The molecule has 0 unspecified atom stereocenters. The summed E-state index contributed by atoms with van der Waals surface area (Å²) in [6, 6.07) is 0. The van der Waals surface area contributed by atoms with Crippen molar-refractivity contribution in [1.29, 1.82) is 0 Å². The number of aryl methyl sites for hydroxylation is 3. The molecule has 0 aliphatic carbocycles. The molecule has 0 bridgehead atoms. The maximum atomic E-state index is 11.2. The van der Waals surface area contributed by atoms with E-state index in [1.807, 2.05) is 0 Å². The molecule has 2 aromatic rings. The van der Waals surface area contributed by atoms with Gasteiger partial charge in [0.1, 0.15) is 11.4 Å². The lowest BCUT2D eigenvalue weighted by atomic mass is 10.2. The predicted molar refractivity (Wildman–Crippen MR) is 66.1 cm³/mol. The van der Waals surface area contributed by atoms with Crippen LogP contribution in [0.25, 0.3) is 0 Å². The van der Waals surface area contributed by atoms with Gasteiger partial charge in [-0.2, -0.15) is 10.1 Å². The first kappa shape index (κ1) is 13.1. The van der Waals surface area contributed by atoms with Gasteiger partial charge in [-0.1, -0.05) is 5.16 Å². The molecule has 0 amide bonds. The third-order valence-electron chi connectivity index (χ3n) is 2.65. The molecule has 19 heavy (non-hydrogen) atoms. The molecular formula is C11H15N5O3. The van der Waals surface area contributed by atoms with Gasteiger partial charge in [0.25, 0.3) is 0 Å². The highest BCUT2D eigenvalue weighted by Crippen LogP contribution is 2.18. The largest absolute Gasteiger partial charge is 0.477 e. The molecule has 0 atom stereocenters. The van der Waals surface area contributed by atoms with Gasteiger partial charge in [0, 0.05) is 26.9 Å². The van der Waals surface area contributed by atoms with Crippen LogP contribution < -0.4 is 5.32 Å². The van der Waals surface area contributed by atoms with Crippen molar-refractivity contribution in [2.24, 2.45) is 7.05 Å². The van der Waals surface area contributed by atoms with Crippen molar-refractivity contribution in [3.63, 3.8) is 0 Å². The molecule has 8 nitrogen and oxygen atoms in total. The summed E-state index contributed by atoms with van der Waals surface area (Å²) in [6.07, 6.45) is 0.542. The molecule has 2 rings (SSSR count). The van der Waals surface area contributed by atoms with Gasteiger partial charge in [-0.25, -0.2) is 4.79 Å². The summed E-state index contributed by atoms with van der Waals surface area (Å²) in [5, 5.41) is 20.0. The summed E-state index contributed by atoms with van der Waals surface area (Å²) in [5.41, 5.74) is 0.666. The van der Waals surface area contributed by atoms with Crippen molar-refractivity contribution >= 4 is 11.8 Å². The molecule has 8 heteroatoms. The monoisotopic (exact) mass is 265 g/mol. The number of hydrogen-bond donors (Lipinski definition) is 2. The number of nitrogens with zero attached hydrogens (tertiary/aromatic N) is 4. The molecule has 0 saturated heterocycles. The van der Waals surface area contributed by atoms with E-state index in [1.165, 1.54) is 4.68 Å². The van der Waals surface area contributed by atoms with E-state index in [-0.39, 0.29) is 5.56 Å². The topological polar surface area (TPSA) is 106 Å². The van der Waals surface area contributed by atoms with Crippen LogP contribution in [-0.2, 0) is 13.5 Å². The summed E-state index contributed by atoms with van der Waals surface area (Å²) in [5.74, 6) is 0.576. The second kappa shape index (κ2) is 5.09. The third kappa shape index (κ3) is 2.72. The standard InChI is InChI=1S/C11H15N5O3/c1-6-9(11(17)18)10(16(3)14-6)12-5-4-8-13-7(2)19-15-8/h12H,4-5H2,1-3H3,(H,17,18). The van der Waals surface area contributed by atoms with E-state index in [2.05, 4.69) is 20.6 Å². The van der Waals surface area contributed by atoms with Gasteiger partial charge in [-0.05, 0) is 6.92 Å². The Hall–Kier alpha value is -2.38. The van der Waals surface area contributed by atoms with Crippen LogP contribution >= 0.6 is 0 Å². The Bertz CT molecular complexity index is 601. The van der Waals surface area contributed by atoms with Gasteiger partial charge in [0.15, 0.2) is 5.82 Å². The molecular weight excluding hydrogens is 250 g/mol. The van der Waals surface area contributed by atoms with E-state index in [4.69, 9.17) is 9.63 Å². The molecule has 0 saturated carbocycles. The third-order valence-corrected chi connectivity index (χ3v) is 2.65. The number of carboxylic acid groups (broad SMARTS) is 1. The highest BCUT2D eigenvalue weighted by atomic mass is 16.5. The predicted octanol–water partition coefficient (Wildman–Crippen LogP) is 0.773. The molecule has 102 valence electrons. The number of aromatic nitrogens is 4. The molecule has 0 radical (unpaired) electrons. The van der Waals surface area contributed by atoms with Crippen LogP contribution in [0, 0.1) is 13.8 Å². The van der Waals surface area contributed by atoms with Crippen LogP contribution in [0.5, 0.6) is 0 Å². The van der Waals surface area contributed by atoms with Gasteiger partial charge in [0.2, 0.25) is 5.89 Å². The summed E-state index contributed by atoms with van der Waals surface area (Å²) < 4.78 is 6.37. The zero-order chi connectivity index (χ0) is 14.0. The molecule has 0 spiro atoms. The zero-order valence-electron chi connectivity index (χ0n) is 11.0. The number of carbonyl (C=O) groups is 1. The van der Waals surface area contributed by atoms with Crippen molar-refractivity contribution in [3.8, 4) is 0 Å². The normalized spacial score (nSPS) is 10.7. The van der Waals surface area contributed by atoms with Crippen LogP contribution in [0.4, 0.5) is 5.82 Å². The summed E-state index contributed by atoms with van der Waals surface area (Å²) in [4.78, 5) is 15.2. The number of aromatic carboxylic acids is 1. The minimum atomic E-state index is -0.997. The fourth-order valence-corrected chi connectivity index (χ4v) is 1.85. The molecule has 2 heterocycles. The Balaban J connectivity index is 2.05. The van der Waals surface area contributed by atoms with Gasteiger partial charge in [0.05, 0.1) is 5.69 Å². The minimum absolute atomic E-state index is 0.187. The smallest absolute Gasteiger partial charge is 0.341 e. The average Bonchev–Trinajstić information content (AvgIpc) is 2.84. The van der Waals surface area contributed by atoms with Crippen LogP contribution in [0.2, 0.25) is 0 Å². The fraction of sp³-hybridized carbons (Fsp3) is 0.455. The lowest BCUT2D eigenvalue weighted by Crippen LogP contribution is -2.12. The molecule has 2 N–H and O–H groups in total. The van der Waals surface area contributed by atoms with E-state index in [0.29, 0.717) is 36.2 Å². The summed E-state index contributed by atoms with van der Waals surface area (Å²) >= 11 is 0. The van der Waals surface area contributed by atoms with Gasteiger partial charge < -0.3 is 14.9 Å². The average molecular weight is 265 g/mol. The van der Waals surface area contributed by atoms with Gasteiger partial charge in [-0.15, -0.1) is 0 Å². The second-order valence-corrected chi connectivity index (χ2v) is 4.14. The van der Waals surface area contributed by atoms with Crippen molar-refractivity contribution < 1.29 is 14.4 Å². The first-order valence-electron chi connectivity index (χ1n) is 5.79. The maximum Gasteiger partial charge on any atom is 0.341 e.